The molecule has 1 N–H and O–H groups in total. The first-order valence-corrected chi connectivity index (χ1v) is 9.57. The normalized spacial score (nSPS) is 10.9. The van der Waals surface area contributed by atoms with E-state index in [0.29, 0.717) is 25.5 Å². The second-order valence-electron chi connectivity index (χ2n) is 4.72. The molecule has 126 valence electrons. The minimum Gasteiger partial charge on any atom is -0.382 e. The van der Waals surface area contributed by atoms with Crippen LogP contribution in [0.4, 0.5) is 0 Å². The molecule has 23 heavy (non-hydrogen) atoms. The highest BCUT2D eigenvalue weighted by Gasteiger charge is 2.14. The van der Waals surface area contributed by atoms with E-state index in [2.05, 4.69) is 22.4 Å². The molecule has 2 heterocycles. The molecule has 0 radical (unpaired) electrons. The van der Waals surface area contributed by atoms with E-state index in [0.717, 1.165) is 28.8 Å². The Morgan fingerprint density at radius 1 is 1.43 bits per heavy atom. The number of ether oxygens (including phenoxy) is 1. The minimum atomic E-state index is 0.00910. The number of carbonyl (C=O) groups excluding carboxylic acids is 1. The van der Waals surface area contributed by atoms with Crippen LogP contribution < -0.4 is 5.32 Å². The van der Waals surface area contributed by atoms with Crippen molar-refractivity contribution < 1.29 is 9.53 Å². The van der Waals surface area contributed by atoms with Gasteiger partial charge in [-0.15, -0.1) is 21.5 Å². The Kier molecular flexibility index (Phi) is 7.57. The van der Waals surface area contributed by atoms with Gasteiger partial charge in [-0.2, -0.15) is 0 Å². The fraction of sp³-hybridized carbons (Fsp3) is 0.533. The number of hydrogen-bond acceptors (Lipinski definition) is 6. The summed E-state index contributed by atoms with van der Waals surface area (Å²) in [5, 5.41) is 14.2. The Morgan fingerprint density at radius 3 is 3.00 bits per heavy atom. The molecule has 0 bridgehead atoms. The van der Waals surface area contributed by atoms with Gasteiger partial charge >= 0.3 is 0 Å². The number of carbonyl (C=O) groups is 1. The average molecular weight is 355 g/mol. The predicted octanol–water partition coefficient (Wildman–Crippen LogP) is 2.66. The number of amides is 1. The van der Waals surface area contributed by atoms with E-state index in [1.807, 2.05) is 29.0 Å². The smallest absolute Gasteiger partial charge is 0.230 e. The van der Waals surface area contributed by atoms with E-state index in [-0.39, 0.29) is 5.91 Å². The average Bonchev–Trinajstić information content (AvgIpc) is 3.21. The molecule has 2 aromatic rings. The molecule has 0 unspecified atom stereocenters. The van der Waals surface area contributed by atoms with Gasteiger partial charge in [0.1, 0.15) is 0 Å². The van der Waals surface area contributed by atoms with Crippen LogP contribution in [0.25, 0.3) is 10.7 Å². The van der Waals surface area contributed by atoms with Crippen molar-refractivity contribution in [3.63, 3.8) is 0 Å². The topological polar surface area (TPSA) is 69.0 Å². The predicted molar refractivity (Wildman–Crippen MR) is 93.9 cm³/mol. The van der Waals surface area contributed by atoms with Crippen LogP contribution in [-0.2, 0) is 16.1 Å². The molecule has 0 aliphatic carbocycles. The summed E-state index contributed by atoms with van der Waals surface area (Å²) in [5.74, 6) is 1.22. The molecule has 0 saturated heterocycles. The number of aromatic nitrogens is 3. The first-order chi connectivity index (χ1) is 11.3. The summed E-state index contributed by atoms with van der Waals surface area (Å²) in [4.78, 5) is 12.9. The maximum absolute atomic E-state index is 11.9. The largest absolute Gasteiger partial charge is 0.382 e. The van der Waals surface area contributed by atoms with Crippen LogP contribution in [0.2, 0.25) is 0 Å². The monoisotopic (exact) mass is 354 g/mol. The van der Waals surface area contributed by atoms with Crippen LogP contribution in [0, 0.1) is 0 Å². The molecular formula is C15H22N4O2S2. The van der Waals surface area contributed by atoms with Crippen molar-refractivity contribution in [2.75, 3.05) is 25.5 Å². The maximum Gasteiger partial charge on any atom is 0.230 e. The molecule has 0 aromatic carbocycles. The standard InChI is InChI=1S/C15H22N4O2S2/c1-3-19-14(12-7-5-10-22-12)17-18-15(19)23-11-13(20)16-8-6-9-21-4-2/h5,7,10H,3-4,6,8-9,11H2,1-2H3,(H,16,20). The molecule has 0 saturated carbocycles. The van der Waals surface area contributed by atoms with Crippen LogP contribution in [0.1, 0.15) is 20.3 Å². The zero-order chi connectivity index (χ0) is 16.5. The van der Waals surface area contributed by atoms with Gasteiger partial charge in [0.2, 0.25) is 5.91 Å². The Labute approximate surface area is 144 Å². The zero-order valence-electron chi connectivity index (χ0n) is 13.4. The van der Waals surface area contributed by atoms with Gasteiger partial charge in [-0.3, -0.25) is 4.79 Å². The highest BCUT2D eigenvalue weighted by Crippen LogP contribution is 2.26. The molecule has 0 aliphatic rings. The Balaban J connectivity index is 1.83. The third kappa shape index (κ3) is 5.33. The number of rotatable bonds is 10. The van der Waals surface area contributed by atoms with Crippen LogP contribution in [-0.4, -0.2) is 46.2 Å². The first kappa shape index (κ1) is 18.0. The van der Waals surface area contributed by atoms with E-state index < -0.39 is 0 Å². The van der Waals surface area contributed by atoms with Crippen LogP contribution in [0.5, 0.6) is 0 Å². The molecule has 8 heteroatoms. The number of nitrogens with zero attached hydrogens (tertiary/aromatic N) is 3. The molecule has 2 aromatic heterocycles. The number of thiophene rings is 1. The maximum atomic E-state index is 11.9. The summed E-state index contributed by atoms with van der Waals surface area (Å²) in [5.41, 5.74) is 0. The fourth-order valence-corrected chi connectivity index (χ4v) is 3.55. The van der Waals surface area contributed by atoms with Gasteiger partial charge in [-0.1, -0.05) is 17.8 Å². The van der Waals surface area contributed by atoms with E-state index in [1.165, 1.54) is 11.8 Å². The van der Waals surface area contributed by atoms with Crippen molar-refractivity contribution in [2.45, 2.75) is 32.0 Å². The van der Waals surface area contributed by atoms with Gasteiger partial charge in [-0.05, 0) is 31.7 Å². The Bertz CT molecular complexity index is 599. The summed E-state index contributed by atoms with van der Waals surface area (Å²) in [6.07, 6.45) is 0.831. The summed E-state index contributed by atoms with van der Waals surface area (Å²) >= 11 is 3.05. The molecule has 2 rings (SSSR count). The molecular weight excluding hydrogens is 332 g/mol. The quantitative estimate of drug-likeness (QED) is 0.525. The summed E-state index contributed by atoms with van der Waals surface area (Å²) in [7, 11) is 0. The van der Waals surface area contributed by atoms with Crippen LogP contribution in [0.15, 0.2) is 22.7 Å². The van der Waals surface area contributed by atoms with Crippen molar-refractivity contribution in [1.82, 2.24) is 20.1 Å². The fourth-order valence-electron chi connectivity index (χ4n) is 2.00. The summed E-state index contributed by atoms with van der Waals surface area (Å²) < 4.78 is 7.28. The van der Waals surface area contributed by atoms with E-state index in [4.69, 9.17) is 4.74 Å². The Hall–Kier alpha value is -1.38. The number of thioether (sulfide) groups is 1. The van der Waals surface area contributed by atoms with Gasteiger partial charge in [0.05, 0.1) is 10.6 Å². The van der Waals surface area contributed by atoms with Gasteiger partial charge in [0, 0.05) is 26.3 Å². The zero-order valence-corrected chi connectivity index (χ0v) is 15.1. The minimum absolute atomic E-state index is 0.00910. The van der Waals surface area contributed by atoms with E-state index in [9.17, 15) is 4.79 Å². The number of nitrogens with one attached hydrogen (secondary N) is 1. The highest BCUT2D eigenvalue weighted by molar-refractivity contribution is 7.99. The van der Waals surface area contributed by atoms with Gasteiger partial charge < -0.3 is 14.6 Å². The lowest BCUT2D eigenvalue weighted by Crippen LogP contribution is -2.27. The second-order valence-corrected chi connectivity index (χ2v) is 6.61. The second kappa shape index (κ2) is 9.69. The van der Waals surface area contributed by atoms with Crippen molar-refractivity contribution >= 4 is 29.0 Å². The van der Waals surface area contributed by atoms with Crippen LogP contribution >= 0.6 is 23.1 Å². The van der Waals surface area contributed by atoms with Crippen molar-refractivity contribution in [2.24, 2.45) is 0 Å². The number of hydrogen-bond donors (Lipinski definition) is 1. The SMILES string of the molecule is CCOCCCNC(=O)CSc1nnc(-c2cccs2)n1CC. The molecule has 0 aliphatic heterocycles. The van der Waals surface area contributed by atoms with Crippen molar-refractivity contribution in [3.8, 4) is 10.7 Å². The van der Waals surface area contributed by atoms with Crippen molar-refractivity contribution in [1.29, 1.82) is 0 Å². The molecule has 0 atom stereocenters. The first-order valence-electron chi connectivity index (χ1n) is 7.70. The van der Waals surface area contributed by atoms with Crippen molar-refractivity contribution in [3.05, 3.63) is 17.5 Å². The van der Waals surface area contributed by atoms with E-state index in [1.54, 1.807) is 11.3 Å². The molecule has 0 spiro atoms. The summed E-state index contributed by atoms with van der Waals surface area (Å²) in [6, 6.07) is 4.03. The summed E-state index contributed by atoms with van der Waals surface area (Å²) in [6.45, 7) is 6.82. The third-order valence-corrected chi connectivity index (χ3v) is 4.93. The molecule has 6 nitrogen and oxygen atoms in total. The lowest BCUT2D eigenvalue weighted by molar-refractivity contribution is -0.118. The molecule has 1 amide bonds. The lowest BCUT2D eigenvalue weighted by atomic mass is 10.4. The van der Waals surface area contributed by atoms with Gasteiger partial charge in [0.25, 0.3) is 0 Å². The van der Waals surface area contributed by atoms with Gasteiger partial charge in [0.15, 0.2) is 11.0 Å². The lowest BCUT2D eigenvalue weighted by Gasteiger charge is -2.07. The third-order valence-electron chi connectivity index (χ3n) is 3.10. The van der Waals surface area contributed by atoms with Gasteiger partial charge in [-0.25, -0.2) is 0 Å². The molecule has 0 fully saturated rings. The van der Waals surface area contributed by atoms with Crippen LogP contribution in [0.3, 0.4) is 0 Å². The highest BCUT2D eigenvalue weighted by atomic mass is 32.2. The Morgan fingerprint density at radius 2 is 2.30 bits per heavy atom. The van der Waals surface area contributed by atoms with E-state index >= 15 is 0 Å².